The van der Waals surface area contributed by atoms with Crippen molar-refractivity contribution in [3.05, 3.63) is 40.4 Å². The molecule has 0 aliphatic heterocycles. The molecule has 0 saturated heterocycles. The molecule has 0 bridgehead atoms. The average molecular weight is 246 g/mol. The Morgan fingerprint density at radius 2 is 2.17 bits per heavy atom. The highest BCUT2D eigenvalue weighted by Crippen LogP contribution is 2.08. The first kappa shape index (κ1) is 12.4. The quantitative estimate of drug-likeness (QED) is 0.590. The molecule has 0 amide bonds. The third kappa shape index (κ3) is 2.03. The monoisotopic (exact) mass is 246 g/mol. The molecule has 0 aliphatic rings. The zero-order valence-corrected chi connectivity index (χ0v) is 10.0. The van der Waals surface area contributed by atoms with Gasteiger partial charge in [0.1, 0.15) is 5.82 Å². The number of fused-ring (bicyclic) bond motifs is 1. The van der Waals surface area contributed by atoms with Crippen molar-refractivity contribution in [2.75, 3.05) is 6.54 Å². The van der Waals surface area contributed by atoms with Crippen LogP contribution >= 0.6 is 0 Å². The first-order valence-electron chi connectivity index (χ1n) is 5.66. The van der Waals surface area contributed by atoms with Crippen LogP contribution in [0.2, 0.25) is 0 Å². The smallest absolute Gasteiger partial charge is 0.268 e. The number of rotatable bonds is 3. The normalized spacial score (nSPS) is 10.8. The van der Waals surface area contributed by atoms with E-state index >= 15 is 0 Å². The molecule has 0 radical (unpaired) electrons. The van der Waals surface area contributed by atoms with Crippen molar-refractivity contribution in [2.45, 2.75) is 13.3 Å². The summed E-state index contributed by atoms with van der Waals surface area (Å²) in [7, 11) is 0. The highest BCUT2D eigenvalue weighted by Gasteiger charge is 2.14. The fraction of sp³-hybridized carbons (Fsp3) is 0.250. The predicted molar refractivity (Wildman–Crippen MR) is 68.2 cm³/mol. The number of hydrogen-bond acceptors (Lipinski definition) is 5. The SMILES string of the molecule is CCc1nc2ccccc2c(=O)n1C(=O)CNN. The number of aryl methyl sites for hydroxylation is 1. The lowest BCUT2D eigenvalue weighted by molar-refractivity contribution is 0.0904. The van der Waals surface area contributed by atoms with Gasteiger partial charge in [-0.05, 0) is 12.1 Å². The van der Waals surface area contributed by atoms with Crippen molar-refractivity contribution in [3.8, 4) is 0 Å². The molecule has 6 heteroatoms. The van der Waals surface area contributed by atoms with Gasteiger partial charge in [0.2, 0.25) is 5.91 Å². The molecule has 2 rings (SSSR count). The Balaban J connectivity index is 2.74. The molecular weight excluding hydrogens is 232 g/mol. The highest BCUT2D eigenvalue weighted by molar-refractivity contribution is 5.85. The molecular formula is C12H14N4O2. The molecule has 94 valence electrons. The Labute approximate surface area is 103 Å². The fourth-order valence-corrected chi connectivity index (χ4v) is 1.84. The maximum Gasteiger partial charge on any atom is 0.268 e. The minimum Gasteiger partial charge on any atom is -0.272 e. The van der Waals surface area contributed by atoms with Crippen LogP contribution in [0, 0.1) is 0 Å². The predicted octanol–water partition coefficient (Wildman–Crippen LogP) is 0.0624. The Hall–Kier alpha value is -2.05. The molecule has 2 aromatic rings. The lowest BCUT2D eigenvalue weighted by atomic mass is 10.2. The molecule has 0 aliphatic carbocycles. The van der Waals surface area contributed by atoms with Crippen LogP contribution in [-0.4, -0.2) is 22.0 Å². The Morgan fingerprint density at radius 3 is 2.83 bits per heavy atom. The molecule has 0 fully saturated rings. The Kier molecular flexibility index (Phi) is 3.50. The molecule has 0 saturated carbocycles. The van der Waals surface area contributed by atoms with Gasteiger partial charge in [-0.15, -0.1) is 0 Å². The topological polar surface area (TPSA) is 90.0 Å². The highest BCUT2D eigenvalue weighted by atomic mass is 16.2. The number of hydrazine groups is 1. The molecule has 0 spiro atoms. The first-order valence-corrected chi connectivity index (χ1v) is 5.66. The van der Waals surface area contributed by atoms with Crippen molar-refractivity contribution in [2.24, 2.45) is 5.84 Å². The first-order chi connectivity index (χ1) is 8.69. The van der Waals surface area contributed by atoms with Gasteiger partial charge in [0.15, 0.2) is 0 Å². The van der Waals surface area contributed by atoms with E-state index in [4.69, 9.17) is 5.84 Å². The zero-order chi connectivity index (χ0) is 13.1. The summed E-state index contributed by atoms with van der Waals surface area (Å²) in [5.74, 6) is 5.15. The minimum absolute atomic E-state index is 0.104. The van der Waals surface area contributed by atoms with E-state index in [2.05, 4.69) is 10.4 Å². The van der Waals surface area contributed by atoms with Crippen LogP contribution < -0.4 is 16.8 Å². The third-order valence-corrected chi connectivity index (χ3v) is 2.66. The number of nitrogens with two attached hydrogens (primary N) is 1. The molecule has 1 aromatic heterocycles. The summed E-state index contributed by atoms with van der Waals surface area (Å²) in [6.45, 7) is 1.74. The average Bonchev–Trinajstić information content (AvgIpc) is 2.38. The maximum atomic E-state index is 12.3. The lowest BCUT2D eigenvalue weighted by Crippen LogP contribution is -2.39. The number of nitrogens with zero attached hydrogens (tertiary/aromatic N) is 2. The van der Waals surface area contributed by atoms with Gasteiger partial charge < -0.3 is 0 Å². The molecule has 1 heterocycles. The Bertz CT molecular complexity index is 648. The number of carbonyl (C=O) groups excluding carboxylic acids is 1. The summed E-state index contributed by atoms with van der Waals surface area (Å²) in [4.78, 5) is 28.5. The van der Waals surface area contributed by atoms with E-state index in [-0.39, 0.29) is 12.1 Å². The van der Waals surface area contributed by atoms with E-state index in [1.807, 2.05) is 13.0 Å². The van der Waals surface area contributed by atoms with Crippen molar-refractivity contribution >= 4 is 16.8 Å². The third-order valence-electron chi connectivity index (χ3n) is 2.66. The standard InChI is InChI=1S/C12H14N4O2/c1-2-10-15-9-6-4-3-5-8(9)12(18)16(10)11(17)7-14-13/h3-6,14H,2,7,13H2,1H3. The molecule has 0 atom stereocenters. The lowest BCUT2D eigenvalue weighted by Gasteiger charge is -2.10. The summed E-state index contributed by atoms with van der Waals surface area (Å²) in [5.41, 5.74) is 2.51. The van der Waals surface area contributed by atoms with Crippen LogP contribution in [0.4, 0.5) is 0 Å². The van der Waals surface area contributed by atoms with E-state index < -0.39 is 5.91 Å². The van der Waals surface area contributed by atoms with Crippen LogP contribution in [0.1, 0.15) is 17.5 Å². The maximum absolute atomic E-state index is 12.3. The summed E-state index contributed by atoms with van der Waals surface area (Å²) in [6.07, 6.45) is 0.496. The number of hydrogen-bond donors (Lipinski definition) is 2. The van der Waals surface area contributed by atoms with E-state index in [9.17, 15) is 9.59 Å². The second-order valence-electron chi connectivity index (χ2n) is 3.81. The molecule has 6 nitrogen and oxygen atoms in total. The number of para-hydroxylation sites is 1. The molecule has 0 unspecified atom stereocenters. The molecule has 1 aromatic carbocycles. The summed E-state index contributed by atoms with van der Waals surface area (Å²) in [6, 6.07) is 6.96. The van der Waals surface area contributed by atoms with Crippen molar-refractivity contribution in [1.29, 1.82) is 0 Å². The van der Waals surface area contributed by atoms with Crippen LogP contribution in [0.5, 0.6) is 0 Å². The van der Waals surface area contributed by atoms with Gasteiger partial charge in [-0.3, -0.25) is 20.9 Å². The van der Waals surface area contributed by atoms with Crippen LogP contribution in [-0.2, 0) is 6.42 Å². The van der Waals surface area contributed by atoms with Gasteiger partial charge in [0.05, 0.1) is 17.4 Å². The van der Waals surface area contributed by atoms with Crippen molar-refractivity contribution in [3.63, 3.8) is 0 Å². The van der Waals surface area contributed by atoms with Crippen LogP contribution in [0.15, 0.2) is 29.1 Å². The van der Waals surface area contributed by atoms with E-state index in [0.717, 1.165) is 4.57 Å². The van der Waals surface area contributed by atoms with Gasteiger partial charge in [-0.1, -0.05) is 19.1 Å². The van der Waals surface area contributed by atoms with Gasteiger partial charge in [0.25, 0.3) is 5.56 Å². The Morgan fingerprint density at radius 1 is 1.44 bits per heavy atom. The molecule has 18 heavy (non-hydrogen) atoms. The number of nitrogens with one attached hydrogen (secondary N) is 1. The largest absolute Gasteiger partial charge is 0.272 e. The van der Waals surface area contributed by atoms with Gasteiger partial charge in [0, 0.05) is 6.42 Å². The minimum atomic E-state index is -0.405. The van der Waals surface area contributed by atoms with Gasteiger partial charge in [-0.2, -0.15) is 0 Å². The number of aromatic nitrogens is 2. The second kappa shape index (κ2) is 5.07. The van der Waals surface area contributed by atoms with Gasteiger partial charge in [-0.25, -0.2) is 9.55 Å². The van der Waals surface area contributed by atoms with Crippen LogP contribution in [0.3, 0.4) is 0 Å². The summed E-state index contributed by atoms with van der Waals surface area (Å²) in [5, 5.41) is 0.431. The molecule has 3 N–H and O–H groups in total. The number of benzene rings is 1. The van der Waals surface area contributed by atoms with Crippen LogP contribution in [0.25, 0.3) is 10.9 Å². The van der Waals surface area contributed by atoms with E-state index in [0.29, 0.717) is 23.1 Å². The van der Waals surface area contributed by atoms with Crippen molar-refractivity contribution < 1.29 is 4.79 Å². The fourth-order valence-electron chi connectivity index (χ4n) is 1.84. The van der Waals surface area contributed by atoms with Gasteiger partial charge >= 0.3 is 0 Å². The van der Waals surface area contributed by atoms with Crippen molar-refractivity contribution in [1.82, 2.24) is 15.0 Å². The second-order valence-corrected chi connectivity index (χ2v) is 3.81. The van der Waals surface area contributed by atoms with E-state index in [1.54, 1.807) is 18.2 Å². The summed E-state index contributed by atoms with van der Waals surface area (Å²) >= 11 is 0. The number of carbonyl (C=O) groups is 1. The van der Waals surface area contributed by atoms with E-state index in [1.165, 1.54) is 0 Å². The summed E-state index contributed by atoms with van der Waals surface area (Å²) < 4.78 is 1.09. The zero-order valence-electron chi connectivity index (χ0n) is 10.0.